The van der Waals surface area contributed by atoms with Crippen molar-refractivity contribution in [3.8, 4) is 11.5 Å². The molecule has 32 heavy (non-hydrogen) atoms. The Morgan fingerprint density at radius 2 is 1.97 bits per heavy atom. The number of amides is 2. The summed E-state index contributed by atoms with van der Waals surface area (Å²) in [5, 5.41) is 3.65. The number of hydrogen-bond donors (Lipinski definition) is 1. The van der Waals surface area contributed by atoms with Crippen LogP contribution in [0.1, 0.15) is 38.2 Å². The molecule has 1 aliphatic rings. The number of carbonyl (C=O) groups is 2. The summed E-state index contributed by atoms with van der Waals surface area (Å²) >= 11 is 9.37. The van der Waals surface area contributed by atoms with Crippen molar-refractivity contribution in [2.75, 3.05) is 13.7 Å². The molecule has 2 aromatic rings. The predicted molar refractivity (Wildman–Crippen MR) is 128 cm³/mol. The Hall–Kier alpha value is -2.25. The van der Waals surface area contributed by atoms with Crippen LogP contribution in [0.5, 0.6) is 11.5 Å². The molecule has 0 aliphatic heterocycles. The molecule has 0 radical (unpaired) electrons. The lowest BCUT2D eigenvalue weighted by molar-refractivity contribution is -0.142. The number of benzene rings is 2. The van der Waals surface area contributed by atoms with Crippen molar-refractivity contribution >= 4 is 39.3 Å². The van der Waals surface area contributed by atoms with Gasteiger partial charge in [-0.15, -0.1) is 0 Å². The molecule has 0 saturated heterocycles. The third-order valence-corrected chi connectivity index (χ3v) is 6.46. The molecule has 3 rings (SSSR count). The molecule has 0 bridgehead atoms. The number of methoxy groups -OCH3 is 1. The maximum atomic E-state index is 13.2. The van der Waals surface area contributed by atoms with E-state index in [9.17, 15) is 9.59 Å². The second kappa shape index (κ2) is 11.6. The fraction of sp³-hybridized carbons (Fsp3) is 0.417. The second-order valence-electron chi connectivity index (χ2n) is 7.90. The number of halogens is 2. The van der Waals surface area contributed by atoms with E-state index < -0.39 is 6.04 Å². The summed E-state index contributed by atoms with van der Waals surface area (Å²) in [6, 6.07) is 12.1. The van der Waals surface area contributed by atoms with E-state index in [1.165, 1.54) is 0 Å². The van der Waals surface area contributed by atoms with Crippen molar-refractivity contribution in [3.63, 3.8) is 0 Å². The van der Waals surface area contributed by atoms with E-state index in [0.717, 1.165) is 31.2 Å². The summed E-state index contributed by atoms with van der Waals surface area (Å²) in [5.41, 5.74) is 0.867. The monoisotopic (exact) mass is 522 g/mol. The second-order valence-corrected chi connectivity index (χ2v) is 9.19. The summed E-state index contributed by atoms with van der Waals surface area (Å²) in [7, 11) is 1.59. The Bertz CT molecular complexity index is 949. The van der Waals surface area contributed by atoms with Gasteiger partial charge in [-0.2, -0.15) is 0 Å². The summed E-state index contributed by atoms with van der Waals surface area (Å²) in [5.74, 6) is 0.760. The zero-order valence-corrected chi connectivity index (χ0v) is 20.6. The van der Waals surface area contributed by atoms with Gasteiger partial charge in [0.2, 0.25) is 5.91 Å². The Balaban J connectivity index is 1.74. The van der Waals surface area contributed by atoms with Gasteiger partial charge in [0.05, 0.1) is 11.6 Å². The van der Waals surface area contributed by atoms with E-state index in [1.807, 2.05) is 24.3 Å². The zero-order chi connectivity index (χ0) is 23.1. The van der Waals surface area contributed by atoms with Gasteiger partial charge in [-0.1, -0.05) is 36.6 Å². The normalized spacial score (nSPS) is 14.6. The summed E-state index contributed by atoms with van der Waals surface area (Å²) in [4.78, 5) is 27.7. The van der Waals surface area contributed by atoms with Crippen molar-refractivity contribution < 1.29 is 19.1 Å². The first-order valence-electron chi connectivity index (χ1n) is 10.7. The first-order valence-corrected chi connectivity index (χ1v) is 11.8. The van der Waals surface area contributed by atoms with Gasteiger partial charge >= 0.3 is 0 Å². The van der Waals surface area contributed by atoms with Gasteiger partial charge in [0.15, 0.2) is 6.61 Å². The zero-order valence-electron chi connectivity index (χ0n) is 18.3. The first kappa shape index (κ1) is 24.4. The highest BCUT2D eigenvalue weighted by Gasteiger charge is 2.29. The van der Waals surface area contributed by atoms with Crippen LogP contribution >= 0.6 is 27.5 Å². The summed E-state index contributed by atoms with van der Waals surface area (Å²) < 4.78 is 11.7. The van der Waals surface area contributed by atoms with Crippen LogP contribution in [0.3, 0.4) is 0 Å². The van der Waals surface area contributed by atoms with Crippen LogP contribution in [-0.4, -0.2) is 42.5 Å². The molecular formula is C24H28BrClN2O4. The molecule has 1 saturated carbocycles. The van der Waals surface area contributed by atoms with Crippen molar-refractivity contribution in [2.45, 2.75) is 51.2 Å². The van der Waals surface area contributed by atoms with Crippen molar-refractivity contribution in [3.05, 3.63) is 57.5 Å². The third kappa shape index (κ3) is 6.62. The molecule has 172 valence electrons. The highest BCUT2D eigenvalue weighted by molar-refractivity contribution is 9.10. The molecule has 2 aromatic carbocycles. The van der Waals surface area contributed by atoms with Gasteiger partial charge in [-0.25, -0.2) is 0 Å². The molecule has 8 heteroatoms. The van der Waals surface area contributed by atoms with Crippen molar-refractivity contribution in [1.29, 1.82) is 0 Å². The lowest BCUT2D eigenvalue weighted by Crippen LogP contribution is -2.50. The van der Waals surface area contributed by atoms with Gasteiger partial charge in [0.1, 0.15) is 17.5 Å². The van der Waals surface area contributed by atoms with Crippen LogP contribution in [0.4, 0.5) is 0 Å². The Morgan fingerprint density at radius 3 is 2.66 bits per heavy atom. The van der Waals surface area contributed by atoms with Gasteiger partial charge in [0.25, 0.3) is 5.91 Å². The smallest absolute Gasteiger partial charge is 0.261 e. The van der Waals surface area contributed by atoms with Gasteiger partial charge in [0, 0.05) is 17.6 Å². The summed E-state index contributed by atoms with van der Waals surface area (Å²) in [6.45, 7) is 1.81. The van der Waals surface area contributed by atoms with E-state index in [-0.39, 0.29) is 31.0 Å². The molecule has 0 spiro atoms. The SMILES string of the molecule is COc1cccc(CN(C(=O)COc2ccc(Cl)cc2Br)[C@H](C)C(=O)NC2CCCC2)c1. The number of rotatable bonds is 9. The van der Waals surface area contributed by atoms with Gasteiger partial charge in [-0.05, 0) is 71.6 Å². The van der Waals surface area contributed by atoms with E-state index in [2.05, 4.69) is 21.2 Å². The van der Waals surface area contributed by atoms with Gasteiger partial charge < -0.3 is 19.7 Å². The average Bonchev–Trinajstić information content (AvgIpc) is 3.29. The number of nitrogens with one attached hydrogen (secondary N) is 1. The van der Waals surface area contributed by atoms with E-state index in [0.29, 0.717) is 21.0 Å². The Kier molecular flexibility index (Phi) is 8.82. The number of nitrogens with zero attached hydrogens (tertiary/aromatic N) is 1. The van der Waals surface area contributed by atoms with Crippen LogP contribution in [0.25, 0.3) is 0 Å². The Morgan fingerprint density at radius 1 is 1.22 bits per heavy atom. The minimum Gasteiger partial charge on any atom is -0.497 e. The molecule has 6 nitrogen and oxygen atoms in total. The van der Waals surface area contributed by atoms with Crippen LogP contribution in [0.2, 0.25) is 5.02 Å². The largest absolute Gasteiger partial charge is 0.497 e. The molecule has 0 unspecified atom stereocenters. The molecule has 0 heterocycles. The third-order valence-electron chi connectivity index (χ3n) is 5.60. The van der Waals surface area contributed by atoms with E-state index >= 15 is 0 Å². The maximum absolute atomic E-state index is 13.2. The quantitative estimate of drug-likeness (QED) is 0.504. The van der Waals surface area contributed by atoms with Crippen LogP contribution in [0, 0.1) is 0 Å². The van der Waals surface area contributed by atoms with E-state index in [1.54, 1.807) is 37.1 Å². The lowest BCUT2D eigenvalue weighted by atomic mass is 10.1. The number of hydrogen-bond acceptors (Lipinski definition) is 4. The minimum atomic E-state index is -0.647. The average molecular weight is 524 g/mol. The number of ether oxygens (including phenoxy) is 2. The maximum Gasteiger partial charge on any atom is 0.261 e. The molecule has 1 fully saturated rings. The fourth-order valence-electron chi connectivity index (χ4n) is 3.76. The van der Waals surface area contributed by atoms with Crippen LogP contribution in [-0.2, 0) is 16.1 Å². The van der Waals surface area contributed by atoms with Crippen molar-refractivity contribution in [2.24, 2.45) is 0 Å². The van der Waals surface area contributed by atoms with Crippen LogP contribution < -0.4 is 14.8 Å². The lowest BCUT2D eigenvalue weighted by Gasteiger charge is -2.29. The number of carbonyl (C=O) groups excluding carboxylic acids is 2. The first-order chi connectivity index (χ1) is 15.4. The van der Waals surface area contributed by atoms with Crippen LogP contribution in [0.15, 0.2) is 46.9 Å². The molecule has 1 atom stereocenters. The van der Waals surface area contributed by atoms with Gasteiger partial charge in [-0.3, -0.25) is 9.59 Å². The van der Waals surface area contributed by atoms with E-state index in [4.69, 9.17) is 21.1 Å². The summed E-state index contributed by atoms with van der Waals surface area (Å²) in [6.07, 6.45) is 4.21. The molecule has 1 N–H and O–H groups in total. The minimum absolute atomic E-state index is 0.152. The standard InChI is InChI=1S/C24H28BrClN2O4/c1-16(24(30)27-19-7-3-4-8-19)28(14-17-6-5-9-20(12-17)31-2)23(29)15-32-22-11-10-18(26)13-21(22)25/h5-6,9-13,16,19H,3-4,7-8,14-15H2,1-2H3,(H,27,30)/t16-/m1/s1. The molecule has 0 aromatic heterocycles. The fourth-order valence-corrected chi connectivity index (χ4v) is 4.55. The highest BCUT2D eigenvalue weighted by Crippen LogP contribution is 2.28. The molecule has 1 aliphatic carbocycles. The molecule has 2 amide bonds. The highest BCUT2D eigenvalue weighted by atomic mass is 79.9. The Labute approximate surface area is 202 Å². The molecular weight excluding hydrogens is 496 g/mol. The topological polar surface area (TPSA) is 67.9 Å². The predicted octanol–water partition coefficient (Wildman–Crippen LogP) is 4.97. The van der Waals surface area contributed by atoms with Crippen molar-refractivity contribution in [1.82, 2.24) is 10.2 Å².